The van der Waals surface area contributed by atoms with Crippen LogP contribution in [0.15, 0.2) is 57.3 Å². The van der Waals surface area contributed by atoms with Crippen LogP contribution in [0.1, 0.15) is 5.56 Å². The van der Waals surface area contributed by atoms with Gasteiger partial charge in [0.2, 0.25) is 15.7 Å². The Morgan fingerprint density at radius 1 is 1.20 bits per heavy atom. The number of nitrogens with two attached hydrogens (primary N) is 1. The van der Waals surface area contributed by atoms with E-state index in [0.717, 1.165) is 17.3 Å². The van der Waals surface area contributed by atoms with E-state index >= 15 is 0 Å². The van der Waals surface area contributed by atoms with Crippen molar-refractivity contribution in [3.05, 3.63) is 58.1 Å². The molecule has 0 atom stereocenters. The first-order chi connectivity index (χ1) is 14.1. The predicted octanol–water partition coefficient (Wildman–Crippen LogP) is 4.27. The van der Waals surface area contributed by atoms with Gasteiger partial charge in [0.1, 0.15) is 22.3 Å². The van der Waals surface area contributed by atoms with E-state index in [0.29, 0.717) is 15.7 Å². The molecule has 0 aliphatic rings. The smallest absolute Gasteiger partial charge is 0.246 e. The molecule has 0 aliphatic heterocycles. The summed E-state index contributed by atoms with van der Waals surface area (Å²) in [6, 6.07) is 10.9. The van der Waals surface area contributed by atoms with Crippen molar-refractivity contribution in [1.29, 1.82) is 0 Å². The lowest BCUT2D eigenvalue weighted by Gasteiger charge is -2.09. The summed E-state index contributed by atoms with van der Waals surface area (Å²) in [5.41, 5.74) is 7.50. The number of thioether (sulfide) groups is 1. The summed E-state index contributed by atoms with van der Waals surface area (Å²) in [5, 5.41) is 8.05. The van der Waals surface area contributed by atoms with Crippen LogP contribution in [0.5, 0.6) is 0 Å². The fraction of sp³-hybridized carbons (Fsp3) is 0.158. The molecule has 0 saturated heterocycles. The van der Waals surface area contributed by atoms with Crippen molar-refractivity contribution in [2.75, 3.05) is 17.3 Å². The third kappa shape index (κ3) is 4.59. The highest BCUT2D eigenvalue weighted by atomic mass is 35.5. The highest BCUT2D eigenvalue weighted by Gasteiger charge is 2.29. The molecule has 0 saturated carbocycles. The van der Waals surface area contributed by atoms with E-state index in [1.165, 1.54) is 28.9 Å². The maximum atomic E-state index is 13.1. The molecular weight excluding hydrogens is 467 g/mol. The molecule has 0 aliphatic carbocycles. The topological polar surface area (TPSA) is 107 Å². The van der Waals surface area contributed by atoms with Crippen LogP contribution in [0.3, 0.4) is 0 Å². The van der Waals surface area contributed by atoms with Crippen LogP contribution in [0.4, 0.5) is 11.5 Å². The van der Waals surface area contributed by atoms with Crippen molar-refractivity contribution in [3.8, 4) is 0 Å². The monoisotopic (exact) mass is 484 g/mol. The Morgan fingerprint density at radius 2 is 1.87 bits per heavy atom. The highest BCUT2D eigenvalue weighted by molar-refractivity contribution is 7.99. The van der Waals surface area contributed by atoms with Gasteiger partial charge in [0.15, 0.2) is 0 Å². The molecule has 3 N–H and O–H groups in total. The van der Waals surface area contributed by atoms with Gasteiger partial charge in [-0.05, 0) is 55.1 Å². The van der Waals surface area contributed by atoms with Gasteiger partial charge in [0.05, 0.1) is 4.90 Å². The normalized spacial score (nSPS) is 11.5. The molecule has 1 amide bonds. The first-order valence-corrected chi connectivity index (χ1v) is 12.1. The minimum absolute atomic E-state index is 0.0344. The number of rotatable bonds is 6. The van der Waals surface area contributed by atoms with Crippen LogP contribution >= 0.6 is 35.0 Å². The number of aryl methyl sites for hydroxylation is 1. The van der Waals surface area contributed by atoms with Gasteiger partial charge in [-0.3, -0.25) is 4.79 Å². The van der Waals surface area contributed by atoms with Gasteiger partial charge < -0.3 is 11.1 Å². The number of halogens is 2. The molecule has 0 spiro atoms. The van der Waals surface area contributed by atoms with Crippen LogP contribution in [0.2, 0.25) is 10.0 Å². The second kappa shape index (κ2) is 8.89. The quantitative estimate of drug-likeness (QED) is 0.505. The zero-order valence-corrected chi connectivity index (χ0v) is 19.2. The molecule has 2 aromatic carbocycles. The molecule has 3 rings (SSSR count). The van der Waals surface area contributed by atoms with Crippen molar-refractivity contribution in [1.82, 2.24) is 9.78 Å². The molecule has 0 fully saturated rings. The molecule has 3 aromatic rings. The lowest BCUT2D eigenvalue weighted by Crippen LogP contribution is -2.21. The first kappa shape index (κ1) is 22.5. The number of carbonyl (C=O) groups is 1. The summed E-state index contributed by atoms with van der Waals surface area (Å²) in [7, 11) is -3.95. The van der Waals surface area contributed by atoms with E-state index < -0.39 is 15.7 Å². The number of nitrogens with one attached hydrogen (secondary N) is 1. The predicted molar refractivity (Wildman–Crippen MR) is 120 cm³/mol. The fourth-order valence-electron chi connectivity index (χ4n) is 2.68. The zero-order valence-electron chi connectivity index (χ0n) is 16.0. The van der Waals surface area contributed by atoms with E-state index in [2.05, 4.69) is 10.4 Å². The van der Waals surface area contributed by atoms with E-state index in [9.17, 15) is 13.2 Å². The Kier molecular flexibility index (Phi) is 6.66. The Hall–Kier alpha value is -2.20. The average molecular weight is 485 g/mol. The van der Waals surface area contributed by atoms with E-state index in [4.69, 9.17) is 28.9 Å². The van der Waals surface area contributed by atoms with Crippen LogP contribution in [0.25, 0.3) is 0 Å². The third-order valence-corrected chi connectivity index (χ3v) is 7.55. The van der Waals surface area contributed by atoms with Gasteiger partial charge >= 0.3 is 0 Å². The Labute approximate surface area is 188 Å². The summed E-state index contributed by atoms with van der Waals surface area (Å²) in [5.74, 6) is -0.543. The van der Waals surface area contributed by atoms with Crippen molar-refractivity contribution in [2.24, 2.45) is 0 Å². The molecule has 30 heavy (non-hydrogen) atoms. The number of benzene rings is 2. The largest absolute Gasteiger partial charge is 0.383 e. The molecule has 1 heterocycles. The summed E-state index contributed by atoms with van der Waals surface area (Å²) in [4.78, 5) is 12.4. The highest BCUT2D eigenvalue weighted by Crippen LogP contribution is 2.34. The number of anilines is 2. The van der Waals surface area contributed by atoms with E-state index in [1.54, 1.807) is 24.5 Å². The number of hydrogen-bond donors (Lipinski definition) is 2. The van der Waals surface area contributed by atoms with Gasteiger partial charge in [-0.15, -0.1) is 11.8 Å². The zero-order chi connectivity index (χ0) is 22.1. The maximum Gasteiger partial charge on any atom is 0.246 e. The van der Waals surface area contributed by atoms with Crippen LogP contribution < -0.4 is 11.1 Å². The second-order valence-electron chi connectivity index (χ2n) is 6.35. The summed E-state index contributed by atoms with van der Waals surface area (Å²) < 4.78 is 27.4. The Morgan fingerprint density at radius 3 is 2.47 bits per heavy atom. The van der Waals surface area contributed by atoms with Gasteiger partial charge in [-0.25, -0.2) is 13.1 Å². The standard InChI is InChI=1S/C19H18Cl2N4O3S2/c1-11-3-6-13(9-15(11)21)23-16(26)10-25-18(22)17(19(24-25)29-2)30(27,28)14-7-4-12(20)5-8-14/h3-9H,10,22H2,1-2H3,(H,23,26). The maximum absolute atomic E-state index is 13.1. The number of aromatic nitrogens is 2. The molecule has 7 nitrogen and oxygen atoms in total. The molecule has 0 radical (unpaired) electrons. The minimum Gasteiger partial charge on any atom is -0.383 e. The second-order valence-corrected chi connectivity index (χ2v) is 9.88. The molecule has 0 bridgehead atoms. The lowest BCUT2D eigenvalue weighted by molar-refractivity contribution is -0.116. The van der Waals surface area contributed by atoms with Crippen LogP contribution in [0, 0.1) is 6.92 Å². The van der Waals surface area contributed by atoms with Gasteiger partial charge in [-0.1, -0.05) is 29.3 Å². The van der Waals surface area contributed by atoms with Crippen LogP contribution in [-0.4, -0.2) is 30.4 Å². The number of hydrogen-bond acceptors (Lipinski definition) is 6. The molecule has 11 heteroatoms. The van der Waals surface area contributed by atoms with Crippen molar-refractivity contribution in [3.63, 3.8) is 0 Å². The number of carbonyl (C=O) groups excluding carboxylic acids is 1. The Bertz CT molecular complexity index is 1210. The average Bonchev–Trinajstić information content (AvgIpc) is 3.01. The van der Waals surface area contributed by atoms with Gasteiger partial charge in [-0.2, -0.15) is 5.10 Å². The first-order valence-electron chi connectivity index (χ1n) is 8.60. The number of sulfone groups is 1. The van der Waals surface area contributed by atoms with Crippen LogP contribution in [-0.2, 0) is 21.2 Å². The molecule has 158 valence electrons. The number of nitrogen functional groups attached to an aromatic ring is 1. The summed E-state index contributed by atoms with van der Waals surface area (Å²) >= 11 is 13.1. The lowest BCUT2D eigenvalue weighted by atomic mass is 10.2. The summed E-state index contributed by atoms with van der Waals surface area (Å²) in [6.07, 6.45) is 1.68. The van der Waals surface area contributed by atoms with E-state index in [-0.39, 0.29) is 27.2 Å². The SMILES string of the molecule is CSc1nn(CC(=O)Nc2ccc(C)c(Cl)c2)c(N)c1S(=O)(=O)c1ccc(Cl)cc1. The van der Waals surface area contributed by atoms with Crippen molar-refractivity contribution < 1.29 is 13.2 Å². The third-order valence-electron chi connectivity index (χ3n) is 4.25. The van der Waals surface area contributed by atoms with Crippen molar-refractivity contribution >= 4 is 62.2 Å². The van der Waals surface area contributed by atoms with Gasteiger partial charge in [0, 0.05) is 15.7 Å². The molecular formula is C19H18Cl2N4O3S2. The van der Waals surface area contributed by atoms with E-state index in [1.807, 2.05) is 6.92 Å². The molecule has 0 unspecified atom stereocenters. The summed E-state index contributed by atoms with van der Waals surface area (Å²) in [6.45, 7) is 1.59. The van der Waals surface area contributed by atoms with Crippen molar-refractivity contribution in [2.45, 2.75) is 28.3 Å². The number of nitrogens with zero attached hydrogens (tertiary/aromatic N) is 2. The minimum atomic E-state index is -3.95. The molecule has 1 aromatic heterocycles. The fourth-order valence-corrected chi connectivity index (χ4v) is 5.42. The number of amides is 1. The van der Waals surface area contributed by atoms with Gasteiger partial charge in [0.25, 0.3) is 0 Å². The Balaban J connectivity index is 1.90.